The highest BCUT2D eigenvalue weighted by Crippen LogP contribution is 2.11. The molecule has 0 heterocycles. The third-order valence-corrected chi connectivity index (χ3v) is 2.72. The third-order valence-electron chi connectivity index (χ3n) is 1.62. The first-order chi connectivity index (χ1) is 4.81. The van der Waals surface area contributed by atoms with E-state index in [4.69, 9.17) is 0 Å². The molecule has 1 heteroatoms. The van der Waals surface area contributed by atoms with Crippen molar-refractivity contribution < 1.29 is 0 Å². The van der Waals surface area contributed by atoms with Gasteiger partial charge in [0, 0.05) is 5.33 Å². The Kier molecular flexibility index (Phi) is 7.49. The Bertz CT molecular complexity index is 78.8. The van der Waals surface area contributed by atoms with Crippen LogP contribution in [0.15, 0.2) is 12.7 Å². The topological polar surface area (TPSA) is 0 Å². The minimum Gasteiger partial charge on any atom is -0.103 e. The number of allylic oxidation sites excluding steroid dienone is 1. The van der Waals surface area contributed by atoms with Crippen molar-refractivity contribution in [3.05, 3.63) is 12.7 Å². The van der Waals surface area contributed by atoms with E-state index in [1.807, 2.05) is 6.08 Å². The molecule has 0 aromatic rings. The van der Waals surface area contributed by atoms with E-state index in [0.717, 1.165) is 11.2 Å². The van der Waals surface area contributed by atoms with Crippen molar-refractivity contribution in [2.75, 3.05) is 5.33 Å². The molecule has 0 aliphatic carbocycles. The van der Waals surface area contributed by atoms with E-state index in [0.29, 0.717) is 0 Å². The van der Waals surface area contributed by atoms with Gasteiger partial charge in [0.2, 0.25) is 0 Å². The van der Waals surface area contributed by atoms with E-state index in [-0.39, 0.29) is 0 Å². The SMILES string of the molecule is C=CCCCCC(C)CBr. The molecular weight excluding hydrogens is 188 g/mol. The van der Waals surface area contributed by atoms with Crippen LogP contribution in [-0.2, 0) is 0 Å². The zero-order valence-electron chi connectivity index (χ0n) is 6.78. The molecule has 0 nitrogen and oxygen atoms in total. The zero-order valence-corrected chi connectivity index (χ0v) is 8.36. The second-order valence-electron chi connectivity index (χ2n) is 2.83. The van der Waals surface area contributed by atoms with Gasteiger partial charge in [-0.3, -0.25) is 0 Å². The van der Waals surface area contributed by atoms with Crippen molar-refractivity contribution in [3.8, 4) is 0 Å². The average molecular weight is 205 g/mol. The molecular formula is C9H17Br. The van der Waals surface area contributed by atoms with Crippen LogP contribution in [0, 0.1) is 5.92 Å². The summed E-state index contributed by atoms with van der Waals surface area (Å²) in [5, 5.41) is 1.14. The summed E-state index contributed by atoms with van der Waals surface area (Å²) < 4.78 is 0. The molecule has 0 aromatic carbocycles. The molecule has 0 N–H and O–H groups in total. The number of unbranched alkanes of at least 4 members (excludes halogenated alkanes) is 2. The second-order valence-corrected chi connectivity index (χ2v) is 3.48. The van der Waals surface area contributed by atoms with Crippen LogP contribution in [0.3, 0.4) is 0 Å². The van der Waals surface area contributed by atoms with E-state index in [1.165, 1.54) is 25.7 Å². The molecule has 1 unspecified atom stereocenters. The molecule has 60 valence electrons. The molecule has 0 rings (SSSR count). The summed E-state index contributed by atoms with van der Waals surface area (Å²) in [6, 6.07) is 0. The Labute approximate surface area is 72.8 Å². The van der Waals surface area contributed by atoms with Gasteiger partial charge in [-0.2, -0.15) is 0 Å². The van der Waals surface area contributed by atoms with Gasteiger partial charge < -0.3 is 0 Å². The first kappa shape index (κ1) is 10.2. The van der Waals surface area contributed by atoms with Crippen molar-refractivity contribution in [2.45, 2.75) is 32.6 Å². The smallest absolute Gasteiger partial charge is 0.00570 e. The fourth-order valence-electron chi connectivity index (χ4n) is 0.859. The largest absolute Gasteiger partial charge is 0.103 e. The molecule has 0 aliphatic rings. The Morgan fingerprint density at radius 3 is 2.70 bits per heavy atom. The lowest BCUT2D eigenvalue weighted by Gasteiger charge is -2.04. The number of rotatable bonds is 6. The Hall–Kier alpha value is 0.220. The van der Waals surface area contributed by atoms with Crippen LogP contribution in [0.1, 0.15) is 32.6 Å². The van der Waals surface area contributed by atoms with Crippen molar-refractivity contribution in [1.82, 2.24) is 0 Å². The van der Waals surface area contributed by atoms with Crippen molar-refractivity contribution in [3.63, 3.8) is 0 Å². The zero-order chi connectivity index (χ0) is 7.82. The van der Waals surface area contributed by atoms with Gasteiger partial charge in [0.1, 0.15) is 0 Å². The highest BCUT2D eigenvalue weighted by atomic mass is 79.9. The summed E-state index contributed by atoms with van der Waals surface area (Å²) in [4.78, 5) is 0. The predicted molar refractivity (Wildman–Crippen MR) is 51.6 cm³/mol. The van der Waals surface area contributed by atoms with Gasteiger partial charge in [-0.25, -0.2) is 0 Å². The summed E-state index contributed by atoms with van der Waals surface area (Å²) >= 11 is 3.46. The fourth-order valence-corrected chi connectivity index (χ4v) is 1.18. The average Bonchev–Trinajstić information content (AvgIpc) is 1.98. The summed E-state index contributed by atoms with van der Waals surface area (Å²) in [6.07, 6.45) is 7.17. The first-order valence-corrected chi connectivity index (χ1v) is 5.10. The van der Waals surface area contributed by atoms with Crippen LogP contribution in [-0.4, -0.2) is 5.33 Å². The molecule has 0 aliphatic heterocycles. The summed E-state index contributed by atoms with van der Waals surface area (Å²) in [5.41, 5.74) is 0. The molecule has 0 bridgehead atoms. The number of hydrogen-bond donors (Lipinski definition) is 0. The first-order valence-electron chi connectivity index (χ1n) is 3.98. The molecule has 0 fully saturated rings. The number of alkyl halides is 1. The van der Waals surface area contributed by atoms with Gasteiger partial charge in [0.25, 0.3) is 0 Å². The summed E-state index contributed by atoms with van der Waals surface area (Å²) in [6.45, 7) is 5.97. The lowest BCUT2D eigenvalue weighted by molar-refractivity contribution is 0.550. The van der Waals surface area contributed by atoms with E-state index in [2.05, 4.69) is 29.4 Å². The van der Waals surface area contributed by atoms with E-state index in [1.54, 1.807) is 0 Å². The third kappa shape index (κ3) is 6.34. The maximum atomic E-state index is 3.69. The molecule has 1 atom stereocenters. The van der Waals surface area contributed by atoms with Gasteiger partial charge in [-0.05, 0) is 25.2 Å². The van der Waals surface area contributed by atoms with Gasteiger partial charge in [0.05, 0.1) is 0 Å². The molecule has 0 aromatic heterocycles. The second kappa shape index (κ2) is 7.33. The molecule has 0 spiro atoms. The van der Waals surface area contributed by atoms with Crippen LogP contribution in [0.4, 0.5) is 0 Å². The Morgan fingerprint density at radius 1 is 1.50 bits per heavy atom. The van der Waals surface area contributed by atoms with Crippen molar-refractivity contribution in [2.24, 2.45) is 5.92 Å². The van der Waals surface area contributed by atoms with Crippen LogP contribution >= 0.6 is 15.9 Å². The summed E-state index contributed by atoms with van der Waals surface area (Å²) in [7, 11) is 0. The van der Waals surface area contributed by atoms with E-state index < -0.39 is 0 Å². The van der Waals surface area contributed by atoms with Crippen LogP contribution < -0.4 is 0 Å². The monoisotopic (exact) mass is 204 g/mol. The molecule has 10 heavy (non-hydrogen) atoms. The van der Waals surface area contributed by atoms with E-state index in [9.17, 15) is 0 Å². The van der Waals surface area contributed by atoms with Gasteiger partial charge in [-0.1, -0.05) is 35.4 Å². The number of hydrogen-bond acceptors (Lipinski definition) is 0. The minimum atomic E-state index is 0.838. The fraction of sp³-hybridized carbons (Fsp3) is 0.778. The van der Waals surface area contributed by atoms with Crippen LogP contribution in [0.5, 0.6) is 0 Å². The Morgan fingerprint density at radius 2 is 2.20 bits per heavy atom. The minimum absolute atomic E-state index is 0.838. The van der Waals surface area contributed by atoms with E-state index >= 15 is 0 Å². The molecule has 0 amide bonds. The number of halogens is 1. The molecule has 0 saturated carbocycles. The summed E-state index contributed by atoms with van der Waals surface area (Å²) in [5.74, 6) is 0.838. The van der Waals surface area contributed by atoms with Gasteiger partial charge >= 0.3 is 0 Å². The maximum absolute atomic E-state index is 3.69. The standard InChI is InChI=1S/C9H17Br/c1-3-4-5-6-7-9(2)8-10/h3,9H,1,4-8H2,2H3. The van der Waals surface area contributed by atoms with Crippen molar-refractivity contribution in [1.29, 1.82) is 0 Å². The molecule has 0 radical (unpaired) electrons. The maximum Gasteiger partial charge on any atom is 0.00570 e. The van der Waals surface area contributed by atoms with Crippen LogP contribution in [0.25, 0.3) is 0 Å². The lowest BCUT2D eigenvalue weighted by atomic mass is 10.1. The lowest BCUT2D eigenvalue weighted by Crippen LogP contribution is -1.94. The van der Waals surface area contributed by atoms with Gasteiger partial charge in [0.15, 0.2) is 0 Å². The normalized spacial score (nSPS) is 13.0. The Balaban J connectivity index is 2.95. The van der Waals surface area contributed by atoms with Crippen LogP contribution in [0.2, 0.25) is 0 Å². The highest BCUT2D eigenvalue weighted by molar-refractivity contribution is 9.09. The van der Waals surface area contributed by atoms with Crippen molar-refractivity contribution >= 4 is 15.9 Å². The highest BCUT2D eigenvalue weighted by Gasteiger charge is 1.97. The predicted octanol–water partition coefficient (Wildman–Crippen LogP) is 3.76. The van der Waals surface area contributed by atoms with Gasteiger partial charge in [-0.15, -0.1) is 6.58 Å². The quantitative estimate of drug-likeness (QED) is 0.352. The molecule has 0 saturated heterocycles.